The Kier molecular flexibility index (Phi) is 24.3. The molecule has 0 fully saturated rings. The molecule has 6 aliphatic rings. The molecule has 6 amide bonds. The maximum Gasteiger partial charge on any atom is 0.236 e. The van der Waals surface area contributed by atoms with Gasteiger partial charge < -0.3 is 67.4 Å². The van der Waals surface area contributed by atoms with Gasteiger partial charge in [-0.2, -0.15) is 5.10 Å². The van der Waals surface area contributed by atoms with Crippen molar-refractivity contribution >= 4 is 135 Å². The van der Waals surface area contributed by atoms with Gasteiger partial charge in [0, 0.05) is 165 Å². The van der Waals surface area contributed by atoms with E-state index < -0.39 is 15.3 Å². The average molecular weight is 1650 g/mol. The van der Waals surface area contributed by atoms with Gasteiger partial charge in [0.25, 0.3) is 0 Å². The van der Waals surface area contributed by atoms with Gasteiger partial charge in [0.1, 0.15) is 11.9 Å². The number of hydrogen-bond acceptors (Lipinski definition) is 17. The summed E-state index contributed by atoms with van der Waals surface area (Å²) in [7, 11) is 2.39. The number of nitrogens with one attached hydrogen (secondary N) is 10. The van der Waals surface area contributed by atoms with Crippen LogP contribution in [0.1, 0.15) is 126 Å². The highest BCUT2D eigenvalue weighted by molar-refractivity contribution is 7.90. The highest BCUT2D eigenvalue weighted by atomic mass is 32.2. The number of carbonyl (C=O) groups excluding carboxylic acids is 7. The normalized spacial score (nSPS) is 18.1. The van der Waals surface area contributed by atoms with Crippen molar-refractivity contribution in [2.75, 3.05) is 71.4 Å². The van der Waals surface area contributed by atoms with E-state index >= 15 is 0 Å². The number of ketones is 1. The number of nitrogens with zero attached hydrogens (tertiary/aromatic N) is 5. The van der Waals surface area contributed by atoms with Crippen molar-refractivity contribution in [2.45, 2.75) is 147 Å². The first-order valence-corrected chi connectivity index (χ1v) is 42.5. The van der Waals surface area contributed by atoms with Crippen molar-refractivity contribution in [2.24, 2.45) is 14.1 Å². The van der Waals surface area contributed by atoms with Gasteiger partial charge in [0.05, 0.1) is 78.4 Å². The van der Waals surface area contributed by atoms with Gasteiger partial charge >= 0.3 is 0 Å². The number of Topliss-reactive ketones (excluding diaryl/α,β-unsaturated/α-hetero) is 1. The number of fused-ring (bicyclic) bond motifs is 8. The summed E-state index contributed by atoms with van der Waals surface area (Å²) in [5, 5.41) is 38.2. The molecule has 6 atom stereocenters. The van der Waals surface area contributed by atoms with Crippen LogP contribution in [0.5, 0.6) is 5.75 Å². The van der Waals surface area contributed by atoms with Crippen LogP contribution in [0, 0.1) is 6.92 Å². The van der Waals surface area contributed by atoms with Crippen molar-refractivity contribution in [3.8, 4) is 39.3 Å². The Bertz CT molecular complexity index is 6180. The molecule has 0 spiro atoms. The van der Waals surface area contributed by atoms with Crippen LogP contribution in [0.25, 0.3) is 55.3 Å². The lowest BCUT2D eigenvalue weighted by molar-refractivity contribution is -0.122. The highest BCUT2D eigenvalue weighted by Gasteiger charge is 2.42. The van der Waals surface area contributed by atoms with Gasteiger partial charge in [-0.15, -0.1) is 0 Å². The fourth-order valence-corrected chi connectivity index (χ4v) is 16.8. The van der Waals surface area contributed by atoms with E-state index in [-0.39, 0.29) is 84.0 Å². The lowest BCUT2D eigenvalue weighted by atomic mass is 9.84. The number of sulfone groups is 1. The summed E-state index contributed by atoms with van der Waals surface area (Å²) >= 11 is 0. The Hall–Kier alpha value is -13.6. The number of pyridine rings is 1. The van der Waals surface area contributed by atoms with E-state index in [0.29, 0.717) is 53.9 Å². The molecule has 9 aromatic carbocycles. The van der Waals surface area contributed by atoms with Gasteiger partial charge in [0.2, 0.25) is 35.4 Å². The van der Waals surface area contributed by atoms with Crippen LogP contribution in [0.3, 0.4) is 0 Å². The van der Waals surface area contributed by atoms with Gasteiger partial charge in [-0.05, 0) is 181 Å². The molecule has 2 unspecified atom stereocenters. The molecule has 0 aliphatic carbocycles. The van der Waals surface area contributed by atoms with Crippen molar-refractivity contribution in [1.82, 2.24) is 19.3 Å². The number of rotatable bonds is 10. The first-order valence-electron chi connectivity index (χ1n) is 40.6. The van der Waals surface area contributed by atoms with E-state index in [9.17, 15) is 42.0 Å². The molecule has 3 aromatic heterocycles. The molecule has 25 nitrogen and oxygen atoms in total. The second-order valence-corrected chi connectivity index (χ2v) is 34.6. The Morgan fingerprint density at radius 3 is 1.60 bits per heavy atom. The zero-order chi connectivity index (χ0) is 85.9. The second-order valence-electron chi connectivity index (χ2n) is 32.6. The quantitative estimate of drug-likeness (QED) is 0.0569. The number of anilines is 11. The monoisotopic (exact) mass is 1640 g/mol. The van der Waals surface area contributed by atoms with E-state index in [2.05, 4.69) is 99.6 Å². The molecular formula is C95H101N15O10S. The maximum atomic E-state index is 12.7. The summed E-state index contributed by atoms with van der Waals surface area (Å²) in [4.78, 5) is 90.9. The molecule has 10 N–H and O–H groups in total. The third-order valence-corrected chi connectivity index (χ3v) is 23.2. The summed E-state index contributed by atoms with van der Waals surface area (Å²) in [5.74, 6) is 0.931. The van der Waals surface area contributed by atoms with E-state index in [1.165, 1.54) is 6.26 Å². The number of hydrogen-bond donors (Lipinski definition) is 10. The number of carbonyl (C=O) groups is 7. The summed E-state index contributed by atoms with van der Waals surface area (Å²) in [6.45, 7) is 17.8. The molecule has 622 valence electrons. The molecule has 0 saturated heterocycles. The van der Waals surface area contributed by atoms with Crippen LogP contribution in [0.4, 0.5) is 62.6 Å². The number of ether oxygens (including phenoxy) is 1. The first-order chi connectivity index (χ1) is 57.8. The smallest absolute Gasteiger partial charge is 0.236 e. The lowest BCUT2D eigenvalue weighted by Gasteiger charge is -2.19. The average Bonchev–Trinajstić information content (AvgIpc) is 1.59. The van der Waals surface area contributed by atoms with Crippen molar-refractivity contribution < 1.29 is 46.7 Å². The summed E-state index contributed by atoms with van der Waals surface area (Å²) < 4.78 is 33.6. The van der Waals surface area contributed by atoms with E-state index in [1.807, 2.05) is 226 Å². The molecule has 121 heavy (non-hydrogen) atoms. The minimum absolute atomic E-state index is 0.00472. The number of benzene rings is 9. The molecule has 0 saturated carbocycles. The lowest BCUT2D eigenvalue weighted by Crippen LogP contribution is -2.33. The van der Waals surface area contributed by atoms with Crippen molar-refractivity contribution in [3.05, 3.63) is 234 Å². The van der Waals surface area contributed by atoms with Crippen LogP contribution >= 0.6 is 0 Å². The Balaban J connectivity index is 0.000000124. The zero-order valence-electron chi connectivity index (χ0n) is 70.1. The predicted octanol–water partition coefficient (Wildman–Crippen LogP) is 17.5. The fraction of sp³-hybridized carbons (Fsp3) is 0.274. The summed E-state index contributed by atoms with van der Waals surface area (Å²) in [6, 6.07) is 60.7. The Labute approximate surface area is 704 Å². The predicted molar refractivity (Wildman–Crippen MR) is 483 cm³/mol. The minimum atomic E-state index is -3.27. The van der Waals surface area contributed by atoms with Crippen molar-refractivity contribution in [3.63, 3.8) is 0 Å². The molecule has 0 bridgehead atoms. The zero-order valence-corrected chi connectivity index (χ0v) is 70.9. The minimum Gasteiger partial charge on any atom is -0.486 e. The van der Waals surface area contributed by atoms with Crippen LogP contribution in [0.2, 0.25) is 0 Å². The third kappa shape index (κ3) is 19.1. The number of para-hydroxylation sites is 4. The first kappa shape index (κ1) is 83.9. The molecular weight excluding hydrogens is 1540 g/mol. The van der Waals surface area contributed by atoms with Crippen LogP contribution in [0.15, 0.2) is 212 Å². The van der Waals surface area contributed by atoms with Crippen molar-refractivity contribution in [1.29, 1.82) is 0 Å². The summed E-state index contributed by atoms with van der Waals surface area (Å²) in [5.41, 5.74) is 21.3. The van der Waals surface area contributed by atoms with Crippen LogP contribution in [-0.2, 0) is 64.5 Å². The van der Waals surface area contributed by atoms with Gasteiger partial charge in [-0.25, -0.2) is 8.42 Å². The van der Waals surface area contributed by atoms with E-state index in [0.717, 1.165) is 135 Å². The SMILES string of the molecule is CC(Oc1ccc2c(c1)N[C@H](C)CC(=O)N2)c1ccccc1.C[C@@H]1CC(=O)Nc2cccc(-c3cc4ccc(S(C)(=O)=O)cc4n3C)c2N1.C[C@@H]1CC(=O)Nc2cccc(-c3ccc4c(c3)C(C)(C)C(=O)N4C)c2N1.C[C@@H]1CC(=O)Nc2cccc(-c3ccc4nn(C)cc4c3)c2N1.Cc1cncc(CC(=O)c2cccc3c2NC(C)CC(=O)N3)c1. The van der Waals surface area contributed by atoms with Gasteiger partial charge in [-0.3, -0.25) is 43.2 Å². The topological polar surface area (TPSA) is 322 Å². The number of aromatic nitrogens is 4. The van der Waals surface area contributed by atoms with E-state index in [1.54, 1.807) is 41.6 Å². The highest BCUT2D eigenvalue weighted by Crippen LogP contribution is 2.46. The maximum absolute atomic E-state index is 12.7. The molecule has 12 aromatic rings. The largest absolute Gasteiger partial charge is 0.486 e. The van der Waals surface area contributed by atoms with E-state index in [4.69, 9.17) is 4.74 Å². The van der Waals surface area contributed by atoms with Gasteiger partial charge in [-0.1, -0.05) is 97.1 Å². The molecule has 9 heterocycles. The van der Waals surface area contributed by atoms with Crippen LogP contribution in [-0.4, -0.2) is 112 Å². The standard InChI is InChI=1S/C21H23N3O2.C20H21N3O3S.C18H18N4O.C18H19N3O2.C18H20N2O2/c1-12-10-18(25)23-16-7-5-6-14(19(16)22-12)13-8-9-17-15(11-13)21(2,3)20(26)24(17)4;1-12-9-19(24)22-16-6-4-5-15(20(16)21-12)18-10-13-7-8-14(27(3,25)26)11-17(13)23(18)2;1-11-8-17(23)20-16-5-3-4-14(18(16)19-11)12-6-7-15-13(9-12)10-22(2)21-15;1-11-6-13(10-19-9-11)8-16(22)14-4-3-5-15-18(14)20-12(2)7-17(23)21-15;1-12-10-18(21)20-16-9-8-15(11-17(16)19-12)22-13(2)14-6-4-3-5-7-14/h5-9,11-12,22H,10H2,1-4H3,(H,23,25);4-8,10-12,21H,9H2,1-3H3,(H,22,24);3-7,9-11,19H,8H2,1-2H3,(H,20,23);3-6,9-10,12,20H,7-8H2,1-2H3,(H,21,23);3-9,11-13,19H,10H2,1-2H3,(H,20,21)/t2*12-;11-;;12-,13?/m111.1/s1. The number of likely N-dealkylation sites (N-methyl/N-ethyl adjacent to an activating group) is 1. The molecule has 0 radical (unpaired) electrons. The summed E-state index contributed by atoms with van der Waals surface area (Å²) in [6.07, 6.45) is 9.11. The molecule has 18 rings (SSSR count). The number of aryl methyl sites for hydroxylation is 3. The third-order valence-electron chi connectivity index (χ3n) is 22.1. The van der Waals surface area contributed by atoms with Crippen LogP contribution < -0.4 is 62.8 Å². The fourth-order valence-electron chi connectivity index (χ4n) is 16.1. The molecule has 6 aliphatic heterocycles. The van der Waals surface area contributed by atoms with Gasteiger partial charge in [0.15, 0.2) is 15.6 Å². The Morgan fingerprint density at radius 2 is 1.02 bits per heavy atom. The Morgan fingerprint density at radius 1 is 0.512 bits per heavy atom. The number of amides is 6. The second kappa shape index (κ2) is 35.1. The molecule has 26 heteroatoms.